The highest BCUT2D eigenvalue weighted by atomic mass is 32.1. The summed E-state index contributed by atoms with van der Waals surface area (Å²) >= 11 is 1.43. The number of nitrogens with zero attached hydrogens (tertiary/aromatic N) is 1. The van der Waals surface area contributed by atoms with Crippen LogP contribution in [0.5, 0.6) is 0 Å². The van der Waals surface area contributed by atoms with E-state index in [9.17, 15) is 9.59 Å². The Labute approximate surface area is 114 Å². The number of thiophene rings is 1. The second kappa shape index (κ2) is 6.19. The minimum absolute atomic E-state index is 0.333. The van der Waals surface area contributed by atoms with Crippen molar-refractivity contribution in [1.82, 2.24) is 4.57 Å². The topological polar surface area (TPSA) is 60.3 Å². The number of nitrogens with one attached hydrogen (secondary N) is 1. The van der Waals surface area contributed by atoms with E-state index in [-0.39, 0.29) is 0 Å². The Bertz CT molecular complexity index is 574. The quantitative estimate of drug-likeness (QED) is 0.855. The molecule has 2 aromatic heterocycles. The molecule has 0 fully saturated rings. The van der Waals surface area contributed by atoms with E-state index in [0.717, 1.165) is 16.9 Å². The van der Waals surface area contributed by atoms with Crippen molar-refractivity contribution in [1.29, 1.82) is 0 Å². The van der Waals surface area contributed by atoms with E-state index in [1.165, 1.54) is 11.3 Å². The first-order chi connectivity index (χ1) is 9.24. The lowest BCUT2D eigenvalue weighted by molar-refractivity contribution is 0.111. The van der Waals surface area contributed by atoms with Gasteiger partial charge in [0.2, 0.25) is 0 Å². The summed E-state index contributed by atoms with van der Waals surface area (Å²) in [6, 6.07) is 5.48. The average molecular weight is 278 g/mol. The van der Waals surface area contributed by atoms with Crippen molar-refractivity contribution >= 4 is 28.7 Å². The number of ether oxygens (including phenoxy) is 1. The number of aldehydes is 1. The molecule has 0 radical (unpaired) electrons. The third kappa shape index (κ3) is 3.23. The molecule has 0 spiro atoms. The lowest BCUT2D eigenvalue weighted by Gasteiger charge is -2.08. The van der Waals surface area contributed by atoms with Gasteiger partial charge in [0.25, 0.3) is 0 Å². The van der Waals surface area contributed by atoms with Crippen LogP contribution < -0.4 is 5.32 Å². The molecule has 100 valence electrons. The van der Waals surface area contributed by atoms with Crippen LogP contribution in [0.2, 0.25) is 0 Å². The van der Waals surface area contributed by atoms with E-state index in [1.807, 2.05) is 28.3 Å². The fraction of sp³-hybridized carbons (Fsp3) is 0.231. The molecule has 0 aliphatic rings. The highest BCUT2D eigenvalue weighted by Gasteiger charge is 2.10. The Kier molecular flexibility index (Phi) is 4.35. The van der Waals surface area contributed by atoms with Crippen LogP contribution in [-0.2, 0) is 11.3 Å². The Balaban J connectivity index is 2.11. The molecule has 2 rings (SSSR count). The number of aromatic nitrogens is 1. The highest BCUT2D eigenvalue weighted by molar-refractivity contribution is 7.14. The van der Waals surface area contributed by atoms with Crippen LogP contribution in [0.15, 0.2) is 29.8 Å². The molecule has 0 aliphatic carbocycles. The van der Waals surface area contributed by atoms with Gasteiger partial charge in [0.1, 0.15) is 5.00 Å². The molecule has 1 N–H and O–H groups in total. The number of hydrogen-bond acceptors (Lipinski definition) is 4. The molecule has 5 nitrogen and oxygen atoms in total. The minimum Gasteiger partial charge on any atom is -0.450 e. The average Bonchev–Trinajstić information content (AvgIpc) is 3.00. The minimum atomic E-state index is -0.464. The number of hydrogen-bond donors (Lipinski definition) is 1. The fourth-order valence-corrected chi connectivity index (χ4v) is 2.49. The molecule has 0 saturated heterocycles. The molecule has 0 aromatic carbocycles. The van der Waals surface area contributed by atoms with Crippen molar-refractivity contribution in [3.8, 4) is 0 Å². The Hall–Kier alpha value is -2.08. The summed E-state index contributed by atoms with van der Waals surface area (Å²) < 4.78 is 6.67. The maximum atomic E-state index is 11.4. The van der Waals surface area contributed by atoms with Gasteiger partial charge in [-0.25, -0.2) is 4.79 Å². The zero-order chi connectivity index (χ0) is 13.7. The molecule has 1 amide bonds. The van der Waals surface area contributed by atoms with E-state index in [1.54, 1.807) is 13.0 Å². The SMILES string of the molecule is CCOC(=O)Nc1sccc1Cn1cccc1C=O. The summed E-state index contributed by atoms with van der Waals surface area (Å²) in [7, 11) is 0. The Morgan fingerprint density at radius 3 is 3.11 bits per heavy atom. The summed E-state index contributed by atoms with van der Waals surface area (Å²) in [5.41, 5.74) is 1.55. The van der Waals surface area contributed by atoms with Gasteiger partial charge in [0.05, 0.1) is 18.8 Å². The molecule has 19 heavy (non-hydrogen) atoms. The van der Waals surface area contributed by atoms with Crippen LogP contribution >= 0.6 is 11.3 Å². The van der Waals surface area contributed by atoms with Gasteiger partial charge in [-0.2, -0.15) is 0 Å². The van der Waals surface area contributed by atoms with E-state index in [4.69, 9.17) is 4.74 Å². The monoisotopic (exact) mass is 278 g/mol. The second-order valence-corrected chi connectivity index (χ2v) is 4.72. The first kappa shape index (κ1) is 13.4. The maximum Gasteiger partial charge on any atom is 0.412 e. The number of carbonyl (C=O) groups excluding carboxylic acids is 2. The van der Waals surface area contributed by atoms with Crippen molar-refractivity contribution in [3.63, 3.8) is 0 Å². The predicted molar refractivity (Wildman–Crippen MR) is 73.9 cm³/mol. The lowest BCUT2D eigenvalue weighted by atomic mass is 10.3. The van der Waals surface area contributed by atoms with E-state index in [0.29, 0.717) is 18.8 Å². The van der Waals surface area contributed by atoms with Gasteiger partial charge >= 0.3 is 6.09 Å². The first-order valence-corrected chi connectivity index (χ1v) is 6.73. The Morgan fingerprint density at radius 2 is 2.37 bits per heavy atom. The summed E-state index contributed by atoms with van der Waals surface area (Å²) in [6.45, 7) is 2.62. The molecule has 2 aromatic rings. The fourth-order valence-electron chi connectivity index (χ4n) is 1.69. The summed E-state index contributed by atoms with van der Waals surface area (Å²) in [4.78, 5) is 22.3. The van der Waals surface area contributed by atoms with Crippen LogP contribution in [0, 0.1) is 0 Å². The number of amides is 1. The van der Waals surface area contributed by atoms with Gasteiger partial charge in [-0.3, -0.25) is 10.1 Å². The zero-order valence-corrected chi connectivity index (χ0v) is 11.3. The normalized spacial score (nSPS) is 10.2. The molecular weight excluding hydrogens is 264 g/mol. The van der Waals surface area contributed by atoms with Crippen molar-refractivity contribution in [2.45, 2.75) is 13.5 Å². The summed E-state index contributed by atoms with van der Waals surface area (Å²) in [5.74, 6) is 0. The second-order valence-electron chi connectivity index (χ2n) is 3.80. The van der Waals surface area contributed by atoms with Crippen LogP contribution in [0.3, 0.4) is 0 Å². The lowest BCUT2D eigenvalue weighted by Crippen LogP contribution is -2.14. The van der Waals surface area contributed by atoms with E-state index < -0.39 is 6.09 Å². The number of rotatable bonds is 5. The predicted octanol–water partition coefficient (Wildman–Crippen LogP) is 2.98. The molecule has 0 aliphatic heterocycles. The third-order valence-electron chi connectivity index (χ3n) is 2.56. The van der Waals surface area contributed by atoms with Crippen LogP contribution in [0.25, 0.3) is 0 Å². The van der Waals surface area contributed by atoms with E-state index in [2.05, 4.69) is 5.32 Å². The number of carbonyl (C=O) groups is 2. The van der Waals surface area contributed by atoms with Gasteiger partial charge in [-0.05, 0) is 30.5 Å². The Morgan fingerprint density at radius 1 is 1.53 bits per heavy atom. The first-order valence-electron chi connectivity index (χ1n) is 5.85. The standard InChI is InChI=1S/C13H14N2O3S/c1-2-18-13(17)14-12-10(5-7-19-12)8-15-6-3-4-11(15)9-16/h3-7,9H,2,8H2,1H3,(H,14,17). The number of anilines is 1. The van der Waals surface area contributed by atoms with Crippen molar-refractivity contribution < 1.29 is 14.3 Å². The highest BCUT2D eigenvalue weighted by Crippen LogP contribution is 2.24. The summed E-state index contributed by atoms with van der Waals surface area (Å²) in [5, 5.41) is 5.33. The van der Waals surface area contributed by atoms with Crippen molar-refractivity contribution in [2.75, 3.05) is 11.9 Å². The van der Waals surface area contributed by atoms with Crippen LogP contribution in [0.1, 0.15) is 23.0 Å². The molecule has 2 heterocycles. The van der Waals surface area contributed by atoms with Gasteiger partial charge in [-0.15, -0.1) is 11.3 Å². The third-order valence-corrected chi connectivity index (χ3v) is 3.44. The molecule has 0 atom stereocenters. The molecule has 6 heteroatoms. The van der Waals surface area contributed by atoms with Gasteiger partial charge in [-0.1, -0.05) is 0 Å². The van der Waals surface area contributed by atoms with Crippen LogP contribution in [0.4, 0.5) is 9.80 Å². The molecule has 0 saturated carbocycles. The molecule has 0 bridgehead atoms. The van der Waals surface area contributed by atoms with Gasteiger partial charge in [0.15, 0.2) is 6.29 Å². The zero-order valence-electron chi connectivity index (χ0n) is 10.5. The smallest absolute Gasteiger partial charge is 0.412 e. The molecule has 0 unspecified atom stereocenters. The van der Waals surface area contributed by atoms with Crippen molar-refractivity contribution in [3.05, 3.63) is 41.0 Å². The largest absolute Gasteiger partial charge is 0.450 e. The van der Waals surface area contributed by atoms with Crippen LogP contribution in [-0.4, -0.2) is 23.6 Å². The van der Waals surface area contributed by atoms with Gasteiger partial charge < -0.3 is 9.30 Å². The maximum absolute atomic E-state index is 11.4. The van der Waals surface area contributed by atoms with E-state index >= 15 is 0 Å². The molecular formula is C13H14N2O3S. The van der Waals surface area contributed by atoms with Gasteiger partial charge in [0, 0.05) is 11.8 Å². The van der Waals surface area contributed by atoms with Crippen molar-refractivity contribution in [2.24, 2.45) is 0 Å². The summed E-state index contributed by atoms with van der Waals surface area (Å²) in [6.07, 6.45) is 2.18.